The Bertz CT molecular complexity index is 655. The Morgan fingerprint density at radius 3 is 2.71 bits per heavy atom. The number of carboxylic acids is 1. The average Bonchev–Trinajstić information content (AvgIpc) is 2.91. The maximum atomic E-state index is 11.8. The number of carboxylic acid groups (broad SMARTS) is 1. The Kier molecular flexibility index (Phi) is 4.12. The predicted molar refractivity (Wildman–Crippen MR) is 72.9 cm³/mol. The first kappa shape index (κ1) is 14.4. The van der Waals surface area contributed by atoms with Gasteiger partial charge in [-0.3, -0.25) is 0 Å². The fourth-order valence-electron chi connectivity index (χ4n) is 1.76. The number of carbonyl (C=O) groups excluding carboxylic acids is 1. The fourth-order valence-corrected chi connectivity index (χ4v) is 1.76. The number of benzene rings is 1. The summed E-state index contributed by atoms with van der Waals surface area (Å²) in [6.45, 7) is 3.37. The third-order valence-corrected chi connectivity index (χ3v) is 2.81. The second-order valence-electron chi connectivity index (χ2n) is 4.43. The Morgan fingerprint density at radius 2 is 2.14 bits per heavy atom. The summed E-state index contributed by atoms with van der Waals surface area (Å²) in [5, 5.41) is 27.4. The van der Waals surface area contributed by atoms with Crippen LogP contribution in [0.1, 0.15) is 34.7 Å². The van der Waals surface area contributed by atoms with E-state index in [9.17, 15) is 9.59 Å². The summed E-state index contributed by atoms with van der Waals surface area (Å²) in [5.74, 6) is -0.642. The molecule has 0 saturated carbocycles. The number of hydrogen-bond donors (Lipinski definition) is 4. The van der Waals surface area contributed by atoms with Crippen molar-refractivity contribution in [3.8, 4) is 0 Å². The zero-order valence-electron chi connectivity index (χ0n) is 11.4. The number of nitrogens with one attached hydrogen (secondary N) is 3. The number of aromatic nitrogens is 4. The van der Waals surface area contributed by atoms with Crippen LogP contribution in [0, 0.1) is 6.92 Å². The van der Waals surface area contributed by atoms with E-state index in [0.717, 1.165) is 0 Å². The lowest BCUT2D eigenvalue weighted by Crippen LogP contribution is -2.31. The number of aromatic amines is 1. The van der Waals surface area contributed by atoms with Crippen LogP contribution in [0.25, 0.3) is 0 Å². The minimum absolute atomic E-state index is 0.195. The zero-order valence-corrected chi connectivity index (χ0v) is 11.4. The van der Waals surface area contributed by atoms with Crippen LogP contribution in [0.15, 0.2) is 18.2 Å². The number of nitrogens with zero attached hydrogens (tertiary/aromatic N) is 3. The number of H-pyrrole nitrogens is 1. The maximum absolute atomic E-state index is 11.8. The number of anilines is 1. The lowest BCUT2D eigenvalue weighted by atomic mass is 10.1. The molecule has 0 fully saturated rings. The second-order valence-corrected chi connectivity index (χ2v) is 4.43. The quantitative estimate of drug-likeness (QED) is 0.666. The first-order valence-corrected chi connectivity index (χ1v) is 6.12. The fraction of sp³-hybridized carbons (Fsp3) is 0.250. The van der Waals surface area contributed by atoms with E-state index >= 15 is 0 Å². The summed E-state index contributed by atoms with van der Waals surface area (Å²) >= 11 is 0. The summed E-state index contributed by atoms with van der Waals surface area (Å²) in [7, 11) is 0. The SMILES string of the molecule is Cc1cc(NC(=O)NC(C)c2nn[nH]n2)ccc1C(=O)O. The molecule has 21 heavy (non-hydrogen) atoms. The van der Waals surface area contributed by atoms with Gasteiger partial charge in [0.05, 0.1) is 11.6 Å². The number of hydrogen-bond acceptors (Lipinski definition) is 5. The lowest BCUT2D eigenvalue weighted by Gasteiger charge is -2.12. The van der Waals surface area contributed by atoms with E-state index in [4.69, 9.17) is 5.11 Å². The van der Waals surface area contributed by atoms with Gasteiger partial charge < -0.3 is 15.7 Å². The van der Waals surface area contributed by atoms with Crippen LogP contribution in [0.4, 0.5) is 10.5 Å². The normalized spacial score (nSPS) is 11.7. The van der Waals surface area contributed by atoms with Crippen LogP contribution >= 0.6 is 0 Å². The van der Waals surface area contributed by atoms with E-state index < -0.39 is 18.0 Å². The van der Waals surface area contributed by atoms with Crippen LogP contribution in [-0.2, 0) is 0 Å². The van der Waals surface area contributed by atoms with Crippen molar-refractivity contribution >= 4 is 17.7 Å². The van der Waals surface area contributed by atoms with Crippen LogP contribution in [0.2, 0.25) is 0 Å². The molecule has 110 valence electrons. The number of amides is 2. The molecule has 0 bridgehead atoms. The number of aromatic carboxylic acids is 1. The molecule has 0 aliphatic rings. The third kappa shape index (κ3) is 3.53. The van der Waals surface area contributed by atoms with E-state index in [-0.39, 0.29) is 5.56 Å². The van der Waals surface area contributed by atoms with Crippen molar-refractivity contribution in [1.82, 2.24) is 25.9 Å². The van der Waals surface area contributed by atoms with Gasteiger partial charge in [-0.2, -0.15) is 5.21 Å². The molecule has 1 atom stereocenters. The highest BCUT2D eigenvalue weighted by Gasteiger charge is 2.14. The van der Waals surface area contributed by atoms with Gasteiger partial charge in [0.15, 0.2) is 5.82 Å². The largest absolute Gasteiger partial charge is 0.478 e. The molecule has 0 saturated heterocycles. The molecule has 1 heterocycles. The topological polar surface area (TPSA) is 133 Å². The van der Waals surface area contributed by atoms with Crippen molar-refractivity contribution in [2.24, 2.45) is 0 Å². The van der Waals surface area contributed by atoms with Crippen molar-refractivity contribution in [3.63, 3.8) is 0 Å². The molecule has 0 aliphatic carbocycles. The summed E-state index contributed by atoms with van der Waals surface area (Å²) in [4.78, 5) is 22.7. The second kappa shape index (κ2) is 5.99. The summed E-state index contributed by atoms with van der Waals surface area (Å²) in [6, 6.07) is 3.69. The first-order valence-electron chi connectivity index (χ1n) is 6.12. The van der Waals surface area contributed by atoms with E-state index in [0.29, 0.717) is 17.1 Å². The van der Waals surface area contributed by atoms with Crippen LogP contribution in [-0.4, -0.2) is 37.7 Å². The highest BCUT2D eigenvalue weighted by atomic mass is 16.4. The van der Waals surface area contributed by atoms with Gasteiger partial charge in [-0.15, -0.1) is 10.2 Å². The Hall–Kier alpha value is -2.97. The number of rotatable bonds is 4. The molecule has 0 aliphatic heterocycles. The smallest absolute Gasteiger partial charge is 0.335 e. The van der Waals surface area contributed by atoms with Gasteiger partial charge in [-0.05, 0) is 37.6 Å². The standard InChI is InChI=1S/C12H14N6O3/c1-6-5-8(3-4-9(6)11(19)20)14-12(21)13-7(2)10-15-17-18-16-10/h3-5,7H,1-2H3,(H,19,20)(H2,13,14,21)(H,15,16,17,18). The van der Waals surface area contributed by atoms with E-state index in [1.165, 1.54) is 12.1 Å². The predicted octanol–water partition coefficient (Wildman–Crippen LogP) is 1.09. The molecule has 1 unspecified atom stereocenters. The van der Waals surface area contributed by atoms with Crippen molar-refractivity contribution in [2.75, 3.05) is 5.32 Å². The van der Waals surface area contributed by atoms with E-state index in [1.54, 1.807) is 19.9 Å². The number of carbonyl (C=O) groups is 2. The molecular formula is C12H14N6O3. The third-order valence-electron chi connectivity index (χ3n) is 2.81. The monoisotopic (exact) mass is 290 g/mol. The molecule has 1 aromatic carbocycles. The van der Waals surface area contributed by atoms with Gasteiger partial charge >= 0.3 is 12.0 Å². The molecule has 2 amide bonds. The molecule has 9 heteroatoms. The summed E-state index contributed by atoms with van der Waals surface area (Å²) in [6.07, 6.45) is 0. The van der Waals surface area contributed by atoms with Crippen molar-refractivity contribution in [1.29, 1.82) is 0 Å². The first-order chi connectivity index (χ1) is 9.97. The van der Waals surface area contributed by atoms with Gasteiger partial charge in [0, 0.05) is 5.69 Å². The molecule has 4 N–H and O–H groups in total. The number of tetrazole rings is 1. The van der Waals surface area contributed by atoms with Gasteiger partial charge in [-0.1, -0.05) is 5.21 Å². The van der Waals surface area contributed by atoms with Gasteiger partial charge in [-0.25, -0.2) is 9.59 Å². The molecule has 9 nitrogen and oxygen atoms in total. The van der Waals surface area contributed by atoms with Crippen molar-refractivity contribution in [2.45, 2.75) is 19.9 Å². The number of aryl methyl sites for hydroxylation is 1. The molecule has 0 radical (unpaired) electrons. The van der Waals surface area contributed by atoms with Gasteiger partial charge in [0.25, 0.3) is 0 Å². The molecule has 1 aromatic heterocycles. The Labute approximate surface area is 119 Å². The summed E-state index contributed by atoms with van der Waals surface area (Å²) in [5.41, 5.74) is 1.25. The highest BCUT2D eigenvalue weighted by Crippen LogP contribution is 2.15. The van der Waals surface area contributed by atoms with Gasteiger partial charge in [0.2, 0.25) is 0 Å². The zero-order chi connectivity index (χ0) is 15.4. The molecule has 2 rings (SSSR count). The van der Waals surface area contributed by atoms with E-state index in [2.05, 4.69) is 31.3 Å². The maximum Gasteiger partial charge on any atom is 0.335 e. The van der Waals surface area contributed by atoms with Crippen LogP contribution < -0.4 is 10.6 Å². The molecular weight excluding hydrogens is 276 g/mol. The molecule has 0 spiro atoms. The lowest BCUT2D eigenvalue weighted by molar-refractivity contribution is 0.0696. The molecule has 2 aromatic rings. The van der Waals surface area contributed by atoms with Crippen molar-refractivity contribution < 1.29 is 14.7 Å². The Balaban J connectivity index is 2.00. The van der Waals surface area contributed by atoms with E-state index in [1.807, 2.05) is 0 Å². The number of urea groups is 1. The van der Waals surface area contributed by atoms with Crippen LogP contribution in [0.3, 0.4) is 0 Å². The Morgan fingerprint density at radius 1 is 1.38 bits per heavy atom. The van der Waals surface area contributed by atoms with Crippen molar-refractivity contribution in [3.05, 3.63) is 35.2 Å². The minimum Gasteiger partial charge on any atom is -0.478 e. The minimum atomic E-state index is -1.01. The van der Waals surface area contributed by atoms with Gasteiger partial charge in [0.1, 0.15) is 0 Å². The van der Waals surface area contributed by atoms with Crippen LogP contribution in [0.5, 0.6) is 0 Å². The summed E-state index contributed by atoms with van der Waals surface area (Å²) < 4.78 is 0. The average molecular weight is 290 g/mol. The highest BCUT2D eigenvalue weighted by molar-refractivity contribution is 5.92.